The van der Waals surface area contributed by atoms with Crippen molar-refractivity contribution in [2.75, 3.05) is 20.0 Å². The highest BCUT2D eigenvalue weighted by Crippen LogP contribution is 2.42. The van der Waals surface area contributed by atoms with E-state index in [0.29, 0.717) is 52.7 Å². The van der Waals surface area contributed by atoms with Crippen LogP contribution in [0.25, 0.3) is 11.0 Å². The molecule has 0 spiro atoms. The van der Waals surface area contributed by atoms with Gasteiger partial charge in [0.2, 0.25) is 12.6 Å². The maximum absolute atomic E-state index is 13.8. The molecule has 3 heterocycles. The normalized spacial score (nSPS) is 15.6. The predicted octanol–water partition coefficient (Wildman–Crippen LogP) is 5.84. The molecule has 0 N–H and O–H groups in total. The summed E-state index contributed by atoms with van der Waals surface area (Å²) >= 11 is 0. The molecule has 6 rings (SSSR count). The molecule has 0 unspecified atom stereocenters. The van der Waals surface area contributed by atoms with Gasteiger partial charge in [0.25, 0.3) is 5.91 Å². The summed E-state index contributed by atoms with van der Waals surface area (Å²) in [6.45, 7) is 5.43. The van der Waals surface area contributed by atoms with Gasteiger partial charge in [0.05, 0.1) is 30.2 Å². The molecule has 8 nitrogen and oxygen atoms in total. The highest BCUT2D eigenvalue weighted by atomic mass is 16.7. The number of fused-ring (bicyclic) bond motifs is 3. The number of carbonyl (C=O) groups is 1. The van der Waals surface area contributed by atoms with Gasteiger partial charge < -0.3 is 28.3 Å². The Morgan fingerprint density at radius 2 is 1.77 bits per heavy atom. The van der Waals surface area contributed by atoms with Crippen LogP contribution < -0.4 is 24.4 Å². The van der Waals surface area contributed by atoms with Crippen LogP contribution in [0.1, 0.15) is 60.0 Å². The van der Waals surface area contributed by atoms with Gasteiger partial charge in [-0.3, -0.25) is 9.59 Å². The largest absolute Gasteiger partial charge is 0.490 e. The van der Waals surface area contributed by atoms with Crippen LogP contribution in [0.3, 0.4) is 0 Å². The zero-order chi connectivity index (χ0) is 26.9. The standard InChI is InChI=1S/C31H29NO7/c1-3-5-14-36-23-13-11-20(16-26(23)35-4-2)28-27-29(33)21-8-6-7-9-22(21)39-30(27)31(34)32(28)17-19-10-12-24-25(15-19)38-18-37-24/h6-13,15-16,28H,3-5,14,17-18H2,1-2H3/t28-/m0/s1. The van der Waals surface area contributed by atoms with E-state index in [4.69, 9.17) is 23.4 Å². The number of carbonyl (C=O) groups excluding carboxylic acids is 1. The van der Waals surface area contributed by atoms with Gasteiger partial charge in [0.1, 0.15) is 5.58 Å². The Morgan fingerprint density at radius 3 is 2.62 bits per heavy atom. The summed E-state index contributed by atoms with van der Waals surface area (Å²) in [6.07, 6.45) is 1.94. The molecule has 8 heteroatoms. The molecule has 0 radical (unpaired) electrons. The first-order valence-corrected chi connectivity index (χ1v) is 13.2. The quantitative estimate of drug-likeness (QED) is 0.253. The summed E-state index contributed by atoms with van der Waals surface area (Å²) in [7, 11) is 0. The molecule has 2 aliphatic heterocycles. The molecular weight excluding hydrogens is 498 g/mol. The van der Waals surface area contributed by atoms with E-state index in [0.717, 1.165) is 24.0 Å². The lowest BCUT2D eigenvalue weighted by Gasteiger charge is -2.26. The molecule has 200 valence electrons. The second-order valence-corrected chi connectivity index (χ2v) is 9.53. The zero-order valence-electron chi connectivity index (χ0n) is 21.9. The van der Waals surface area contributed by atoms with Crippen LogP contribution in [0.5, 0.6) is 23.0 Å². The maximum atomic E-state index is 13.8. The summed E-state index contributed by atoms with van der Waals surface area (Å²) in [4.78, 5) is 29.3. The van der Waals surface area contributed by atoms with Crippen molar-refractivity contribution in [3.63, 3.8) is 0 Å². The van der Waals surface area contributed by atoms with E-state index in [1.165, 1.54) is 0 Å². The molecule has 4 aromatic rings. The fraction of sp³-hybridized carbons (Fsp3) is 0.290. The first kappa shape index (κ1) is 24.9. The summed E-state index contributed by atoms with van der Waals surface area (Å²) in [5, 5.41) is 0.434. The van der Waals surface area contributed by atoms with E-state index in [1.807, 2.05) is 43.3 Å². The minimum absolute atomic E-state index is 0.0608. The SMILES string of the molecule is CCCCOc1ccc([C@H]2c3c(oc4ccccc4c3=O)C(=O)N2Cc2ccc3c(c2)OCO3)cc1OCC. The molecule has 0 saturated heterocycles. The number of nitrogens with zero attached hydrogens (tertiary/aromatic N) is 1. The van der Waals surface area contributed by atoms with Crippen molar-refractivity contribution in [2.24, 2.45) is 0 Å². The Balaban J connectivity index is 1.47. The molecule has 0 fully saturated rings. The third-order valence-electron chi connectivity index (χ3n) is 7.00. The third-order valence-corrected chi connectivity index (χ3v) is 7.00. The predicted molar refractivity (Wildman–Crippen MR) is 145 cm³/mol. The van der Waals surface area contributed by atoms with Gasteiger partial charge in [-0.05, 0) is 60.9 Å². The average Bonchev–Trinajstić information content (AvgIpc) is 3.52. The van der Waals surface area contributed by atoms with Gasteiger partial charge in [-0.15, -0.1) is 0 Å². The van der Waals surface area contributed by atoms with Gasteiger partial charge in [0, 0.05) is 6.54 Å². The van der Waals surface area contributed by atoms with E-state index >= 15 is 0 Å². The van der Waals surface area contributed by atoms with Crippen LogP contribution in [0, 0.1) is 0 Å². The highest BCUT2D eigenvalue weighted by molar-refractivity contribution is 5.99. The van der Waals surface area contributed by atoms with E-state index < -0.39 is 6.04 Å². The van der Waals surface area contributed by atoms with Gasteiger partial charge in [-0.1, -0.05) is 37.6 Å². The van der Waals surface area contributed by atoms with Crippen LogP contribution in [0.15, 0.2) is 69.9 Å². The molecule has 3 aromatic carbocycles. The lowest BCUT2D eigenvalue weighted by Crippen LogP contribution is -2.29. The molecule has 39 heavy (non-hydrogen) atoms. The van der Waals surface area contributed by atoms with Crippen molar-refractivity contribution < 1.29 is 28.2 Å². The Hall–Kier alpha value is -4.46. The third kappa shape index (κ3) is 4.46. The Morgan fingerprint density at radius 1 is 0.923 bits per heavy atom. The van der Waals surface area contributed by atoms with Crippen molar-refractivity contribution in [1.82, 2.24) is 4.90 Å². The van der Waals surface area contributed by atoms with Crippen LogP contribution in [-0.4, -0.2) is 30.8 Å². The van der Waals surface area contributed by atoms with Crippen molar-refractivity contribution in [3.05, 3.63) is 93.3 Å². The first-order valence-electron chi connectivity index (χ1n) is 13.2. The summed E-state index contributed by atoms with van der Waals surface area (Å²) in [6, 6.07) is 17.5. The van der Waals surface area contributed by atoms with E-state index in [-0.39, 0.29) is 30.4 Å². The van der Waals surface area contributed by atoms with E-state index in [2.05, 4.69) is 6.92 Å². The number of hydrogen-bond acceptors (Lipinski definition) is 7. The summed E-state index contributed by atoms with van der Waals surface area (Å²) in [5.41, 5.74) is 2.05. The fourth-order valence-electron chi connectivity index (χ4n) is 5.12. The van der Waals surface area contributed by atoms with Gasteiger partial charge >= 0.3 is 0 Å². The number of hydrogen-bond donors (Lipinski definition) is 0. The monoisotopic (exact) mass is 527 g/mol. The molecule has 1 atom stereocenters. The molecule has 0 saturated carbocycles. The van der Waals surface area contributed by atoms with Gasteiger partial charge in [0.15, 0.2) is 28.4 Å². The minimum atomic E-state index is -0.678. The number of para-hydroxylation sites is 1. The van der Waals surface area contributed by atoms with Crippen molar-refractivity contribution in [2.45, 2.75) is 39.3 Å². The van der Waals surface area contributed by atoms with Gasteiger partial charge in [-0.2, -0.15) is 0 Å². The van der Waals surface area contributed by atoms with Crippen molar-refractivity contribution in [1.29, 1.82) is 0 Å². The molecule has 2 aliphatic rings. The van der Waals surface area contributed by atoms with Crippen molar-refractivity contribution in [3.8, 4) is 23.0 Å². The second-order valence-electron chi connectivity index (χ2n) is 9.53. The topological polar surface area (TPSA) is 87.4 Å². The van der Waals surface area contributed by atoms with E-state index in [1.54, 1.807) is 29.2 Å². The lowest BCUT2D eigenvalue weighted by molar-refractivity contribution is 0.0714. The van der Waals surface area contributed by atoms with Crippen LogP contribution in [-0.2, 0) is 6.54 Å². The lowest BCUT2D eigenvalue weighted by atomic mass is 9.97. The summed E-state index contributed by atoms with van der Waals surface area (Å²) in [5.74, 6) is 2.20. The molecular formula is C31H29NO7. The Kier molecular flexibility index (Phi) is 6.60. The number of amides is 1. The second kappa shape index (κ2) is 10.4. The van der Waals surface area contributed by atoms with Crippen molar-refractivity contribution >= 4 is 16.9 Å². The first-order chi connectivity index (χ1) is 19.1. The number of benzene rings is 3. The van der Waals surface area contributed by atoms with Crippen LogP contribution in [0.2, 0.25) is 0 Å². The van der Waals surface area contributed by atoms with Crippen LogP contribution in [0.4, 0.5) is 0 Å². The van der Waals surface area contributed by atoms with E-state index in [9.17, 15) is 9.59 Å². The highest BCUT2D eigenvalue weighted by Gasteiger charge is 2.43. The smallest absolute Gasteiger partial charge is 0.291 e. The van der Waals surface area contributed by atoms with Crippen LogP contribution >= 0.6 is 0 Å². The average molecular weight is 528 g/mol. The number of rotatable bonds is 9. The molecule has 0 bridgehead atoms. The number of unbranched alkanes of at least 4 members (excludes halogenated alkanes) is 1. The maximum Gasteiger partial charge on any atom is 0.291 e. The fourth-order valence-corrected chi connectivity index (χ4v) is 5.12. The Bertz CT molecular complexity index is 1610. The minimum Gasteiger partial charge on any atom is -0.490 e. The number of ether oxygens (including phenoxy) is 4. The molecule has 1 aromatic heterocycles. The molecule has 1 amide bonds. The Labute approximate surface area is 225 Å². The zero-order valence-corrected chi connectivity index (χ0v) is 21.9. The van der Waals surface area contributed by atoms with Gasteiger partial charge in [-0.25, -0.2) is 0 Å². The molecule has 0 aliphatic carbocycles. The summed E-state index contributed by atoms with van der Waals surface area (Å²) < 4.78 is 29.0.